The van der Waals surface area contributed by atoms with E-state index in [4.69, 9.17) is 9.84 Å². The minimum absolute atomic E-state index is 0.0492. The molecule has 0 aromatic rings. The molecule has 1 aliphatic heterocycles. The number of nitrogens with zero attached hydrogens (tertiary/aromatic N) is 1. The van der Waals surface area contributed by atoms with Gasteiger partial charge in [-0.3, -0.25) is 0 Å². The van der Waals surface area contributed by atoms with Crippen LogP contribution in [0.25, 0.3) is 0 Å². The molecule has 106 valence electrons. The first-order chi connectivity index (χ1) is 8.63. The van der Waals surface area contributed by atoms with Gasteiger partial charge >= 0.3 is 6.09 Å². The van der Waals surface area contributed by atoms with E-state index < -0.39 is 0 Å². The molecule has 0 saturated carbocycles. The lowest BCUT2D eigenvalue weighted by atomic mass is 10.1. The van der Waals surface area contributed by atoms with Crippen LogP contribution in [0.1, 0.15) is 39.5 Å². The van der Waals surface area contributed by atoms with Crippen molar-refractivity contribution in [3.8, 4) is 0 Å². The van der Waals surface area contributed by atoms with Crippen LogP contribution in [0.15, 0.2) is 0 Å². The largest absolute Gasteiger partial charge is 0.447 e. The van der Waals surface area contributed by atoms with Crippen LogP contribution in [-0.4, -0.2) is 54.5 Å². The van der Waals surface area contributed by atoms with E-state index in [0.717, 1.165) is 45.3 Å². The minimum Gasteiger partial charge on any atom is -0.447 e. The first-order valence-electron chi connectivity index (χ1n) is 6.93. The summed E-state index contributed by atoms with van der Waals surface area (Å²) in [5.74, 6) is 0. The number of amides is 1. The standard InChI is InChI=1S/C13H26N2O3/c1-11(2)18-13(17)15-8-5-12(6-9-15)14-7-3-4-10-16/h11-12,14,16H,3-10H2,1-2H3. The zero-order valence-corrected chi connectivity index (χ0v) is 11.5. The third-order valence-corrected chi connectivity index (χ3v) is 3.11. The van der Waals surface area contributed by atoms with Crippen LogP contribution in [0.2, 0.25) is 0 Å². The maximum atomic E-state index is 11.7. The highest BCUT2D eigenvalue weighted by Gasteiger charge is 2.23. The van der Waals surface area contributed by atoms with Crippen LogP contribution in [0.3, 0.4) is 0 Å². The fraction of sp³-hybridized carbons (Fsp3) is 0.923. The van der Waals surface area contributed by atoms with Crippen molar-refractivity contribution in [3.05, 3.63) is 0 Å². The van der Waals surface area contributed by atoms with E-state index in [1.807, 2.05) is 13.8 Å². The van der Waals surface area contributed by atoms with Crippen LogP contribution >= 0.6 is 0 Å². The molecule has 1 heterocycles. The molecule has 0 atom stereocenters. The lowest BCUT2D eigenvalue weighted by Gasteiger charge is -2.32. The smallest absolute Gasteiger partial charge is 0.410 e. The second kappa shape index (κ2) is 8.32. The molecule has 1 rings (SSSR count). The predicted molar refractivity (Wildman–Crippen MR) is 70.5 cm³/mol. The van der Waals surface area contributed by atoms with Crippen molar-refractivity contribution in [2.75, 3.05) is 26.2 Å². The van der Waals surface area contributed by atoms with Crippen LogP contribution in [0.5, 0.6) is 0 Å². The second-order valence-electron chi connectivity index (χ2n) is 5.08. The molecule has 5 nitrogen and oxygen atoms in total. The molecule has 0 radical (unpaired) electrons. The van der Waals surface area contributed by atoms with Gasteiger partial charge in [0.2, 0.25) is 0 Å². The van der Waals surface area contributed by atoms with E-state index in [-0.39, 0.29) is 18.8 Å². The van der Waals surface area contributed by atoms with Crippen molar-refractivity contribution in [1.29, 1.82) is 0 Å². The summed E-state index contributed by atoms with van der Waals surface area (Å²) in [6, 6.07) is 0.492. The second-order valence-corrected chi connectivity index (χ2v) is 5.08. The average Bonchev–Trinajstić information content (AvgIpc) is 2.34. The Morgan fingerprint density at radius 1 is 1.39 bits per heavy atom. The molecule has 0 aliphatic carbocycles. The summed E-state index contributed by atoms with van der Waals surface area (Å²) in [5, 5.41) is 12.2. The van der Waals surface area contributed by atoms with Gasteiger partial charge in [0.25, 0.3) is 0 Å². The van der Waals surface area contributed by atoms with Gasteiger partial charge in [-0.15, -0.1) is 0 Å². The fourth-order valence-corrected chi connectivity index (χ4v) is 2.09. The summed E-state index contributed by atoms with van der Waals surface area (Å²) in [4.78, 5) is 13.5. The summed E-state index contributed by atoms with van der Waals surface area (Å²) < 4.78 is 5.18. The molecule has 2 N–H and O–H groups in total. The Morgan fingerprint density at radius 2 is 2.06 bits per heavy atom. The number of hydrogen-bond donors (Lipinski definition) is 2. The summed E-state index contributed by atoms with van der Waals surface area (Å²) in [6.07, 6.45) is 3.58. The van der Waals surface area contributed by atoms with Gasteiger partial charge in [0, 0.05) is 25.7 Å². The van der Waals surface area contributed by atoms with Gasteiger partial charge in [-0.05, 0) is 46.1 Å². The number of hydrogen-bond acceptors (Lipinski definition) is 4. The summed E-state index contributed by atoms with van der Waals surface area (Å²) in [5.41, 5.74) is 0. The van der Waals surface area contributed by atoms with Gasteiger partial charge in [-0.25, -0.2) is 4.79 Å². The van der Waals surface area contributed by atoms with E-state index in [2.05, 4.69) is 5.32 Å². The quantitative estimate of drug-likeness (QED) is 0.706. The number of rotatable bonds is 6. The first-order valence-corrected chi connectivity index (χ1v) is 6.93. The monoisotopic (exact) mass is 258 g/mol. The molecule has 18 heavy (non-hydrogen) atoms. The lowest BCUT2D eigenvalue weighted by molar-refractivity contribution is 0.0678. The Hall–Kier alpha value is -0.810. The molecule has 5 heteroatoms. The Morgan fingerprint density at radius 3 is 2.61 bits per heavy atom. The van der Waals surface area contributed by atoms with Crippen molar-refractivity contribution in [2.45, 2.75) is 51.7 Å². The molecule has 0 spiro atoms. The molecule has 1 fully saturated rings. The molecule has 0 unspecified atom stereocenters. The highest BCUT2D eigenvalue weighted by atomic mass is 16.6. The summed E-state index contributed by atoms with van der Waals surface area (Å²) >= 11 is 0. The van der Waals surface area contributed by atoms with Crippen LogP contribution in [-0.2, 0) is 4.74 Å². The zero-order chi connectivity index (χ0) is 13.4. The molecule has 0 aromatic carbocycles. The summed E-state index contributed by atoms with van der Waals surface area (Å²) in [6.45, 7) is 6.48. The van der Waals surface area contributed by atoms with Gasteiger partial charge in [-0.2, -0.15) is 0 Å². The average molecular weight is 258 g/mol. The maximum absolute atomic E-state index is 11.7. The number of unbranched alkanes of at least 4 members (excludes halogenated alkanes) is 1. The minimum atomic E-state index is -0.191. The number of piperidine rings is 1. The molecule has 1 amide bonds. The summed E-state index contributed by atoms with van der Waals surface area (Å²) in [7, 11) is 0. The zero-order valence-electron chi connectivity index (χ0n) is 11.5. The molecular weight excluding hydrogens is 232 g/mol. The third kappa shape index (κ3) is 5.69. The van der Waals surface area contributed by atoms with Gasteiger partial charge < -0.3 is 20.1 Å². The molecule has 0 aromatic heterocycles. The van der Waals surface area contributed by atoms with E-state index in [1.165, 1.54) is 0 Å². The highest BCUT2D eigenvalue weighted by molar-refractivity contribution is 5.67. The van der Waals surface area contributed by atoms with E-state index >= 15 is 0 Å². The fourth-order valence-electron chi connectivity index (χ4n) is 2.09. The topological polar surface area (TPSA) is 61.8 Å². The molecular formula is C13H26N2O3. The number of likely N-dealkylation sites (tertiary alicyclic amines) is 1. The predicted octanol–water partition coefficient (Wildman–Crippen LogP) is 1.36. The Labute approximate surface area is 109 Å². The third-order valence-electron chi connectivity index (χ3n) is 3.11. The van der Waals surface area contributed by atoms with Gasteiger partial charge in [0.05, 0.1) is 6.10 Å². The highest BCUT2D eigenvalue weighted by Crippen LogP contribution is 2.12. The number of aliphatic hydroxyl groups is 1. The van der Waals surface area contributed by atoms with Crippen LogP contribution in [0, 0.1) is 0 Å². The van der Waals surface area contributed by atoms with Gasteiger partial charge in [-0.1, -0.05) is 0 Å². The van der Waals surface area contributed by atoms with E-state index in [0.29, 0.717) is 6.04 Å². The number of carbonyl (C=O) groups excluding carboxylic acids is 1. The Bertz CT molecular complexity index is 238. The van der Waals surface area contributed by atoms with Crippen LogP contribution in [0.4, 0.5) is 4.79 Å². The Balaban J connectivity index is 2.14. The van der Waals surface area contributed by atoms with Crippen molar-refractivity contribution in [1.82, 2.24) is 10.2 Å². The first kappa shape index (κ1) is 15.2. The molecule has 1 aliphatic rings. The number of nitrogens with one attached hydrogen (secondary N) is 1. The van der Waals surface area contributed by atoms with Crippen molar-refractivity contribution < 1.29 is 14.6 Å². The van der Waals surface area contributed by atoms with Gasteiger partial charge in [0.1, 0.15) is 0 Å². The van der Waals surface area contributed by atoms with E-state index in [9.17, 15) is 4.79 Å². The van der Waals surface area contributed by atoms with Crippen molar-refractivity contribution in [3.63, 3.8) is 0 Å². The normalized spacial score (nSPS) is 17.2. The number of carbonyl (C=O) groups is 1. The molecule has 1 saturated heterocycles. The van der Waals surface area contributed by atoms with Crippen LogP contribution < -0.4 is 5.32 Å². The van der Waals surface area contributed by atoms with Gasteiger partial charge in [0.15, 0.2) is 0 Å². The number of aliphatic hydroxyl groups excluding tert-OH is 1. The lowest BCUT2D eigenvalue weighted by Crippen LogP contribution is -2.45. The van der Waals surface area contributed by atoms with Crippen molar-refractivity contribution >= 4 is 6.09 Å². The number of ether oxygens (including phenoxy) is 1. The van der Waals surface area contributed by atoms with Crippen molar-refractivity contribution in [2.24, 2.45) is 0 Å². The maximum Gasteiger partial charge on any atom is 0.410 e. The van der Waals surface area contributed by atoms with E-state index in [1.54, 1.807) is 4.90 Å². The molecule has 0 bridgehead atoms. The SMILES string of the molecule is CC(C)OC(=O)N1CCC(NCCCCO)CC1. The Kier molecular flexibility index (Phi) is 7.05.